The Morgan fingerprint density at radius 1 is 1.67 bits per heavy atom. The molecule has 0 aliphatic carbocycles. The zero-order valence-electron chi connectivity index (χ0n) is 10.9. The van der Waals surface area contributed by atoms with Crippen LogP contribution in [0.3, 0.4) is 0 Å². The van der Waals surface area contributed by atoms with Crippen molar-refractivity contribution in [2.75, 3.05) is 6.61 Å². The molecule has 0 bridgehead atoms. The van der Waals surface area contributed by atoms with Crippen molar-refractivity contribution < 1.29 is 14.6 Å². The van der Waals surface area contributed by atoms with Crippen molar-refractivity contribution in [3.8, 4) is 0 Å². The predicted molar refractivity (Wildman–Crippen MR) is 71.2 cm³/mol. The smallest absolute Gasteiger partial charge is 0.408 e. The molecule has 2 heterocycles. The molecule has 0 unspecified atom stereocenters. The Hall–Kier alpha value is -1.07. The number of amides is 1. The lowest BCUT2D eigenvalue weighted by Crippen LogP contribution is -2.54. The second kappa shape index (κ2) is 4.90. The van der Waals surface area contributed by atoms with E-state index < -0.39 is 11.6 Å². The van der Waals surface area contributed by atoms with Crippen LogP contribution in [0, 0.1) is 0 Å². The zero-order valence-corrected chi connectivity index (χ0v) is 11.7. The summed E-state index contributed by atoms with van der Waals surface area (Å²) in [5.74, 6) is 0. The van der Waals surface area contributed by atoms with Crippen molar-refractivity contribution in [1.29, 1.82) is 0 Å². The van der Waals surface area contributed by atoms with Gasteiger partial charge in [-0.3, -0.25) is 4.90 Å². The van der Waals surface area contributed by atoms with E-state index in [1.807, 2.05) is 32.2 Å². The van der Waals surface area contributed by atoms with E-state index >= 15 is 0 Å². The highest BCUT2D eigenvalue weighted by atomic mass is 32.1. The van der Waals surface area contributed by atoms with Gasteiger partial charge in [0.15, 0.2) is 0 Å². The van der Waals surface area contributed by atoms with E-state index in [0.717, 1.165) is 6.42 Å². The summed E-state index contributed by atoms with van der Waals surface area (Å²) in [6, 6.07) is 1.94. The van der Waals surface area contributed by atoms with Crippen molar-refractivity contribution >= 4 is 17.4 Å². The SMILES string of the molecule is CC(C)(C)N(C(=O)O)[C@@H](Cc1ccsc1)[C@H]1CO1. The topological polar surface area (TPSA) is 53.1 Å². The minimum Gasteiger partial charge on any atom is -0.465 e. The van der Waals surface area contributed by atoms with Crippen LogP contribution in [-0.4, -0.2) is 40.4 Å². The van der Waals surface area contributed by atoms with Gasteiger partial charge in [-0.1, -0.05) is 0 Å². The first-order valence-electron chi connectivity index (χ1n) is 6.04. The lowest BCUT2D eigenvalue weighted by atomic mass is 9.98. The van der Waals surface area contributed by atoms with Gasteiger partial charge in [-0.15, -0.1) is 0 Å². The first-order valence-corrected chi connectivity index (χ1v) is 6.99. The normalized spacial score (nSPS) is 20.5. The van der Waals surface area contributed by atoms with Gasteiger partial charge in [-0.25, -0.2) is 4.79 Å². The number of ether oxygens (including phenoxy) is 1. The fraction of sp³-hybridized carbons (Fsp3) is 0.615. The second-order valence-corrected chi connectivity index (χ2v) is 6.38. The van der Waals surface area contributed by atoms with Gasteiger partial charge in [0, 0.05) is 5.54 Å². The molecule has 4 nitrogen and oxygen atoms in total. The molecule has 18 heavy (non-hydrogen) atoms. The fourth-order valence-electron chi connectivity index (χ4n) is 2.24. The Morgan fingerprint density at radius 2 is 2.33 bits per heavy atom. The maximum Gasteiger partial charge on any atom is 0.408 e. The van der Waals surface area contributed by atoms with Gasteiger partial charge in [-0.2, -0.15) is 11.3 Å². The molecule has 0 saturated carbocycles. The summed E-state index contributed by atoms with van der Waals surface area (Å²) in [4.78, 5) is 13.1. The first-order chi connectivity index (χ1) is 8.39. The molecule has 2 atom stereocenters. The molecule has 1 fully saturated rings. The Kier molecular flexibility index (Phi) is 3.64. The van der Waals surface area contributed by atoms with Gasteiger partial charge >= 0.3 is 6.09 Å². The Balaban J connectivity index is 2.19. The van der Waals surface area contributed by atoms with Crippen LogP contribution in [0.5, 0.6) is 0 Å². The highest BCUT2D eigenvalue weighted by Gasteiger charge is 2.43. The molecule has 5 heteroatoms. The highest BCUT2D eigenvalue weighted by Crippen LogP contribution is 2.29. The van der Waals surface area contributed by atoms with Crippen molar-refractivity contribution in [3.05, 3.63) is 22.4 Å². The minimum atomic E-state index is -0.877. The van der Waals surface area contributed by atoms with Crippen LogP contribution in [0.25, 0.3) is 0 Å². The molecule has 0 spiro atoms. The number of thiophene rings is 1. The zero-order chi connectivity index (χ0) is 13.3. The first kappa shape index (κ1) is 13.4. The summed E-state index contributed by atoms with van der Waals surface area (Å²) < 4.78 is 5.34. The lowest BCUT2D eigenvalue weighted by Gasteiger charge is -2.39. The largest absolute Gasteiger partial charge is 0.465 e. The summed E-state index contributed by atoms with van der Waals surface area (Å²) in [5, 5.41) is 13.5. The number of nitrogens with zero attached hydrogens (tertiary/aromatic N) is 1. The van der Waals surface area contributed by atoms with E-state index in [2.05, 4.69) is 5.38 Å². The van der Waals surface area contributed by atoms with Gasteiger partial charge in [-0.05, 0) is 49.6 Å². The third kappa shape index (κ3) is 3.03. The monoisotopic (exact) mass is 269 g/mol. The maximum atomic E-state index is 11.5. The number of carbonyl (C=O) groups is 1. The van der Waals surface area contributed by atoms with E-state index in [1.54, 1.807) is 11.3 Å². The lowest BCUT2D eigenvalue weighted by molar-refractivity contribution is 0.0594. The molecule has 0 radical (unpaired) electrons. The van der Waals surface area contributed by atoms with Gasteiger partial charge in [0.05, 0.1) is 12.6 Å². The summed E-state index contributed by atoms with van der Waals surface area (Å²) in [6.45, 7) is 6.42. The molecular weight excluding hydrogens is 250 g/mol. The van der Waals surface area contributed by atoms with E-state index in [4.69, 9.17) is 4.74 Å². The van der Waals surface area contributed by atoms with Gasteiger partial charge < -0.3 is 9.84 Å². The number of epoxide rings is 1. The van der Waals surface area contributed by atoms with Gasteiger partial charge in [0.1, 0.15) is 6.10 Å². The van der Waals surface area contributed by atoms with Crippen molar-refractivity contribution in [2.45, 2.75) is 44.9 Å². The third-order valence-corrected chi connectivity index (χ3v) is 3.81. The Morgan fingerprint density at radius 3 is 2.72 bits per heavy atom. The Labute approximate surface area is 111 Å². The van der Waals surface area contributed by atoms with Crippen LogP contribution in [0.4, 0.5) is 4.79 Å². The van der Waals surface area contributed by atoms with Crippen LogP contribution in [-0.2, 0) is 11.2 Å². The molecular formula is C13H19NO3S. The molecule has 0 aromatic carbocycles. The molecule has 1 saturated heterocycles. The average Bonchev–Trinajstić information content (AvgIpc) is 2.94. The number of rotatable bonds is 4. The van der Waals surface area contributed by atoms with Crippen LogP contribution < -0.4 is 0 Å². The average molecular weight is 269 g/mol. The number of hydrogen-bond acceptors (Lipinski definition) is 3. The Bertz CT molecular complexity index is 406. The second-order valence-electron chi connectivity index (χ2n) is 5.60. The molecule has 2 rings (SSSR count). The molecule has 1 N–H and O–H groups in total. The van der Waals surface area contributed by atoms with Crippen molar-refractivity contribution in [3.63, 3.8) is 0 Å². The van der Waals surface area contributed by atoms with Gasteiger partial charge in [0.2, 0.25) is 0 Å². The molecule has 1 aliphatic heterocycles. The summed E-state index contributed by atoms with van der Waals surface area (Å²) in [7, 11) is 0. The molecule has 1 amide bonds. The van der Waals surface area contributed by atoms with Crippen LogP contribution >= 0.6 is 11.3 Å². The standard InChI is InChI=1S/C13H19NO3S/c1-13(2,3)14(12(15)16)10(11-7-17-11)6-9-4-5-18-8-9/h4-5,8,10-11H,6-7H2,1-3H3,(H,15,16)/t10-,11+/m0/s1. The molecule has 100 valence electrons. The molecule has 1 aliphatic rings. The molecule has 1 aromatic heterocycles. The van der Waals surface area contributed by atoms with Crippen molar-refractivity contribution in [1.82, 2.24) is 4.90 Å². The molecule has 1 aromatic rings. The van der Waals surface area contributed by atoms with Crippen molar-refractivity contribution in [2.24, 2.45) is 0 Å². The maximum absolute atomic E-state index is 11.5. The van der Waals surface area contributed by atoms with Gasteiger partial charge in [0.25, 0.3) is 0 Å². The quantitative estimate of drug-likeness (QED) is 0.855. The van der Waals surface area contributed by atoms with E-state index in [0.29, 0.717) is 6.61 Å². The van der Waals surface area contributed by atoms with Crippen LogP contribution in [0.2, 0.25) is 0 Å². The van der Waals surface area contributed by atoms with E-state index in [-0.39, 0.29) is 12.1 Å². The van der Waals surface area contributed by atoms with E-state index in [1.165, 1.54) is 10.5 Å². The van der Waals surface area contributed by atoms with E-state index in [9.17, 15) is 9.90 Å². The summed E-state index contributed by atoms with van der Waals surface area (Å²) in [5.41, 5.74) is 0.759. The summed E-state index contributed by atoms with van der Waals surface area (Å²) in [6.07, 6.45) is -0.115. The summed E-state index contributed by atoms with van der Waals surface area (Å²) >= 11 is 1.63. The minimum absolute atomic E-state index is 0.0419. The predicted octanol–water partition coefficient (Wildman–Crippen LogP) is 2.84. The fourth-order valence-corrected chi connectivity index (χ4v) is 2.92. The number of hydrogen-bond donors (Lipinski definition) is 1. The highest BCUT2D eigenvalue weighted by molar-refractivity contribution is 7.07. The van der Waals surface area contributed by atoms with Crippen LogP contribution in [0.1, 0.15) is 26.3 Å². The number of carboxylic acid groups (broad SMARTS) is 1. The van der Waals surface area contributed by atoms with Crippen LogP contribution in [0.15, 0.2) is 16.8 Å². The third-order valence-electron chi connectivity index (χ3n) is 3.07.